The minimum Gasteiger partial charge on any atom is -0.379 e. The van der Waals surface area contributed by atoms with Gasteiger partial charge in [-0.25, -0.2) is 0 Å². The highest BCUT2D eigenvalue weighted by atomic mass is 32.1. The lowest BCUT2D eigenvalue weighted by Gasteiger charge is -2.29. The first-order chi connectivity index (χ1) is 15.2. The Kier molecular flexibility index (Phi) is 7.91. The number of ether oxygens (including phenoxy) is 1. The predicted octanol–water partition coefficient (Wildman–Crippen LogP) is 2.74. The number of thiophene rings is 1. The molecule has 0 radical (unpaired) electrons. The molecule has 0 aliphatic carbocycles. The number of morpholine rings is 1. The molecule has 3 heterocycles. The molecule has 8 heteroatoms. The lowest BCUT2D eigenvalue weighted by atomic mass is 10.2. The van der Waals surface area contributed by atoms with Crippen molar-refractivity contribution in [3.8, 4) is 0 Å². The number of para-hydroxylation sites is 1. The molecule has 1 N–H and O–H groups in total. The fraction of sp³-hybridized carbons (Fsp3) is 0.478. The van der Waals surface area contributed by atoms with E-state index >= 15 is 0 Å². The van der Waals surface area contributed by atoms with E-state index in [1.54, 1.807) is 11.3 Å². The number of benzene rings is 1. The zero-order valence-corrected chi connectivity index (χ0v) is 19.4. The van der Waals surface area contributed by atoms with Gasteiger partial charge in [0.05, 0.1) is 26.3 Å². The second-order valence-corrected chi connectivity index (χ2v) is 9.31. The van der Waals surface area contributed by atoms with Crippen LogP contribution in [0.2, 0.25) is 0 Å². The zero-order valence-electron chi connectivity index (χ0n) is 17.8. The van der Waals surface area contributed by atoms with E-state index in [9.17, 15) is 4.79 Å². The van der Waals surface area contributed by atoms with E-state index in [0.717, 1.165) is 71.0 Å². The highest BCUT2D eigenvalue weighted by Crippen LogP contribution is 2.27. The average molecular weight is 459 g/mol. The molecule has 0 atom stereocenters. The van der Waals surface area contributed by atoms with Crippen molar-refractivity contribution in [3.63, 3.8) is 0 Å². The van der Waals surface area contributed by atoms with E-state index in [1.807, 2.05) is 23.1 Å². The molecule has 0 saturated carbocycles. The maximum Gasteiger partial charge on any atom is 0.246 e. The number of thiocarbonyl (C=S) groups is 1. The number of nitrogens with one attached hydrogen (secondary N) is 1. The van der Waals surface area contributed by atoms with Crippen molar-refractivity contribution in [1.82, 2.24) is 15.1 Å². The Morgan fingerprint density at radius 2 is 2.00 bits per heavy atom. The van der Waals surface area contributed by atoms with Gasteiger partial charge in [0.25, 0.3) is 0 Å². The molecule has 2 aromatic rings. The third-order valence-corrected chi connectivity index (χ3v) is 7.06. The fourth-order valence-electron chi connectivity index (χ4n) is 4.11. The van der Waals surface area contributed by atoms with Crippen LogP contribution < -0.4 is 10.2 Å². The number of fused-ring (bicyclic) bond motifs is 1. The largest absolute Gasteiger partial charge is 0.379 e. The summed E-state index contributed by atoms with van der Waals surface area (Å²) < 4.78 is 5.44. The van der Waals surface area contributed by atoms with Crippen molar-refractivity contribution in [2.45, 2.75) is 19.4 Å². The van der Waals surface area contributed by atoms with Gasteiger partial charge in [-0.1, -0.05) is 24.3 Å². The summed E-state index contributed by atoms with van der Waals surface area (Å²) in [4.78, 5) is 20.6. The van der Waals surface area contributed by atoms with Crippen molar-refractivity contribution in [2.24, 2.45) is 0 Å². The SMILES string of the molecule is O=C(CNC(=S)N(CCCN1CCOCC1)Cc1cccs1)N1CCc2ccccc21. The van der Waals surface area contributed by atoms with Gasteiger partial charge in [-0.3, -0.25) is 9.69 Å². The monoisotopic (exact) mass is 458 g/mol. The lowest BCUT2D eigenvalue weighted by molar-refractivity contribution is -0.117. The number of carbonyl (C=O) groups is 1. The Hall–Kier alpha value is -2.00. The van der Waals surface area contributed by atoms with E-state index in [1.165, 1.54) is 10.4 Å². The van der Waals surface area contributed by atoms with Crippen LogP contribution in [0.4, 0.5) is 5.69 Å². The Balaban J connectivity index is 1.30. The number of carbonyl (C=O) groups excluding carboxylic acids is 1. The van der Waals surface area contributed by atoms with Crippen LogP contribution in [0.25, 0.3) is 0 Å². The van der Waals surface area contributed by atoms with Crippen LogP contribution in [0, 0.1) is 0 Å². The normalized spacial score (nSPS) is 16.2. The number of nitrogens with zero attached hydrogens (tertiary/aromatic N) is 3. The standard InChI is InChI=1S/C23H30N4O2S2/c28-22(27-11-8-19-5-1-2-7-21(19)27)17-24-23(30)26(18-20-6-3-16-31-20)10-4-9-25-12-14-29-15-13-25/h1-3,5-7,16H,4,8-15,17-18H2,(H,24,30). The van der Waals surface area contributed by atoms with Gasteiger partial charge in [-0.05, 0) is 48.1 Å². The number of anilines is 1. The lowest BCUT2D eigenvalue weighted by Crippen LogP contribution is -2.46. The molecule has 2 aliphatic heterocycles. The quantitative estimate of drug-likeness (QED) is 0.614. The zero-order chi connectivity index (χ0) is 21.5. The molecule has 1 saturated heterocycles. The van der Waals surface area contributed by atoms with Crippen LogP contribution in [0.15, 0.2) is 41.8 Å². The van der Waals surface area contributed by atoms with Crippen LogP contribution in [0.3, 0.4) is 0 Å². The van der Waals surface area contributed by atoms with E-state index in [4.69, 9.17) is 17.0 Å². The van der Waals surface area contributed by atoms with Gasteiger partial charge < -0.3 is 19.9 Å². The minimum atomic E-state index is 0.0664. The van der Waals surface area contributed by atoms with Gasteiger partial charge in [0.1, 0.15) is 0 Å². The third-order valence-electron chi connectivity index (χ3n) is 5.80. The highest BCUT2D eigenvalue weighted by molar-refractivity contribution is 7.80. The molecule has 4 rings (SSSR count). The smallest absolute Gasteiger partial charge is 0.246 e. The molecule has 2 aliphatic rings. The van der Waals surface area contributed by atoms with Gasteiger partial charge in [0.2, 0.25) is 5.91 Å². The Morgan fingerprint density at radius 3 is 2.81 bits per heavy atom. The Labute approximate surface area is 193 Å². The van der Waals surface area contributed by atoms with Crippen LogP contribution in [-0.2, 0) is 22.5 Å². The molecule has 0 spiro atoms. The maximum absolute atomic E-state index is 12.8. The molecule has 1 fully saturated rings. The number of hydrogen-bond acceptors (Lipinski definition) is 5. The second kappa shape index (κ2) is 11.0. The van der Waals surface area contributed by atoms with Crippen molar-refractivity contribution in [3.05, 3.63) is 52.2 Å². The fourth-order valence-corrected chi connectivity index (χ4v) is 5.06. The predicted molar refractivity (Wildman–Crippen MR) is 130 cm³/mol. The molecule has 1 aromatic heterocycles. The minimum absolute atomic E-state index is 0.0664. The second-order valence-electron chi connectivity index (χ2n) is 7.89. The van der Waals surface area contributed by atoms with Crippen molar-refractivity contribution < 1.29 is 9.53 Å². The first kappa shape index (κ1) is 22.2. The third kappa shape index (κ3) is 6.04. The molecule has 0 bridgehead atoms. The van der Waals surface area contributed by atoms with Gasteiger partial charge in [0.15, 0.2) is 5.11 Å². The average Bonchev–Trinajstić information content (AvgIpc) is 3.47. The topological polar surface area (TPSA) is 48.1 Å². The van der Waals surface area contributed by atoms with Crippen molar-refractivity contribution in [1.29, 1.82) is 0 Å². The first-order valence-corrected chi connectivity index (χ1v) is 12.2. The van der Waals surface area contributed by atoms with Crippen molar-refractivity contribution >= 4 is 40.3 Å². The molecular formula is C23H30N4O2S2. The number of hydrogen-bond donors (Lipinski definition) is 1. The maximum atomic E-state index is 12.8. The Morgan fingerprint density at radius 1 is 1.16 bits per heavy atom. The summed E-state index contributed by atoms with van der Waals surface area (Å²) in [6, 6.07) is 12.3. The molecule has 1 amide bonds. The van der Waals surface area contributed by atoms with Gasteiger partial charge >= 0.3 is 0 Å². The van der Waals surface area contributed by atoms with Crippen LogP contribution in [0.1, 0.15) is 16.9 Å². The van der Waals surface area contributed by atoms with Crippen LogP contribution in [0.5, 0.6) is 0 Å². The van der Waals surface area contributed by atoms with E-state index in [-0.39, 0.29) is 12.5 Å². The summed E-state index contributed by atoms with van der Waals surface area (Å²) in [5.41, 5.74) is 2.27. The van der Waals surface area contributed by atoms with E-state index in [0.29, 0.717) is 5.11 Å². The highest BCUT2D eigenvalue weighted by Gasteiger charge is 2.24. The summed E-state index contributed by atoms with van der Waals surface area (Å²) in [7, 11) is 0. The summed E-state index contributed by atoms with van der Waals surface area (Å²) >= 11 is 7.44. The Bertz CT molecular complexity index is 868. The molecule has 6 nitrogen and oxygen atoms in total. The van der Waals surface area contributed by atoms with Gasteiger partial charge in [-0.2, -0.15) is 0 Å². The summed E-state index contributed by atoms with van der Waals surface area (Å²) in [5.74, 6) is 0.0664. The number of rotatable bonds is 8. The number of amides is 1. The van der Waals surface area contributed by atoms with Crippen LogP contribution >= 0.6 is 23.6 Å². The molecule has 166 valence electrons. The van der Waals surface area contributed by atoms with E-state index in [2.05, 4.69) is 38.7 Å². The molecule has 0 unspecified atom stereocenters. The van der Waals surface area contributed by atoms with Crippen molar-refractivity contribution in [2.75, 3.05) is 57.4 Å². The van der Waals surface area contributed by atoms with E-state index < -0.39 is 0 Å². The van der Waals surface area contributed by atoms with Gasteiger partial charge in [0, 0.05) is 43.3 Å². The molecule has 31 heavy (non-hydrogen) atoms. The van der Waals surface area contributed by atoms with Gasteiger partial charge in [-0.15, -0.1) is 11.3 Å². The summed E-state index contributed by atoms with van der Waals surface area (Å²) in [6.07, 6.45) is 1.94. The molecular weight excluding hydrogens is 428 g/mol. The molecule has 1 aromatic carbocycles. The first-order valence-electron chi connectivity index (χ1n) is 10.9. The van der Waals surface area contributed by atoms with Crippen LogP contribution in [-0.4, -0.2) is 73.3 Å². The summed E-state index contributed by atoms with van der Waals surface area (Å²) in [5, 5.41) is 5.97. The summed E-state index contributed by atoms with van der Waals surface area (Å²) in [6.45, 7) is 7.27.